The van der Waals surface area contributed by atoms with Gasteiger partial charge in [0.05, 0.1) is 0 Å². The van der Waals surface area contributed by atoms with Crippen LogP contribution >= 0.6 is 0 Å². The zero-order valence-corrected chi connectivity index (χ0v) is 11.6. The van der Waals surface area contributed by atoms with Gasteiger partial charge in [0.25, 0.3) is 0 Å². The Hall–Kier alpha value is -0.120. The fourth-order valence-corrected chi connectivity index (χ4v) is 3.16. The first-order valence-electron chi connectivity index (χ1n) is 7.10. The average molecular weight is 242 g/mol. The Morgan fingerprint density at radius 1 is 1.18 bits per heavy atom. The summed E-state index contributed by atoms with van der Waals surface area (Å²) < 4.78 is 0. The molecule has 102 valence electrons. The van der Waals surface area contributed by atoms with Gasteiger partial charge >= 0.3 is 0 Å². The van der Waals surface area contributed by atoms with Gasteiger partial charge in [-0.2, -0.15) is 0 Å². The van der Waals surface area contributed by atoms with Crippen molar-refractivity contribution in [2.75, 3.05) is 19.7 Å². The van der Waals surface area contributed by atoms with Crippen LogP contribution in [-0.2, 0) is 0 Å². The number of unbranched alkanes of at least 4 members (excludes halogenated alkanes) is 2. The molecule has 0 heterocycles. The first-order chi connectivity index (χ1) is 8.04. The predicted molar refractivity (Wildman–Crippen MR) is 73.0 cm³/mol. The number of nitrogens with one attached hydrogen (secondary N) is 1. The summed E-state index contributed by atoms with van der Waals surface area (Å²) in [6.45, 7) is 6.80. The summed E-state index contributed by atoms with van der Waals surface area (Å²) >= 11 is 0. The molecule has 4 N–H and O–H groups in total. The molecule has 1 aliphatic carbocycles. The molecule has 1 unspecified atom stereocenters. The second-order valence-electron chi connectivity index (χ2n) is 6.39. The molecule has 1 atom stereocenters. The van der Waals surface area contributed by atoms with Crippen molar-refractivity contribution in [2.24, 2.45) is 11.1 Å². The van der Waals surface area contributed by atoms with Crippen LogP contribution in [0.4, 0.5) is 0 Å². The topological polar surface area (TPSA) is 58.3 Å². The summed E-state index contributed by atoms with van der Waals surface area (Å²) in [5.41, 5.74) is 6.59. The summed E-state index contributed by atoms with van der Waals surface area (Å²) in [7, 11) is 0. The van der Waals surface area contributed by atoms with Crippen LogP contribution in [0.15, 0.2) is 0 Å². The first-order valence-corrected chi connectivity index (χ1v) is 7.10. The fraction of sp³-hybridized carbons (Fsp3) is 1.00. The van der Waals surface area contributed by atoms with Crippen molar-refractivity contribution in [3.8, 4) is 0 Å². The first kappa shape index (κ1) is 14.9. The quantitative estimate of drug-likeness (QED) is 0.599. The normalized spacial score (nSPS) is 28.2. The molecule has 0 aliphatic heterocycles. The molecule has 0 amide bonds. The van der Waals surface area contributed by atoms with Crippen LogP contribution in [0.2, 0.25) is 0 Å². The average Bonchev–Trinajstić information content (AvgIpc) is 2.27. The molecule has 0 saturated heterocycles. The fourth-order valence-electron chi connectivity index (χ4n) is 3.16. The zero-order valence-electron chi connectivity index (χ0n) is 11.6. The van der Waals surface area contributed by atoms with Crippen molar-refractivity contribution < 1.29 is 5.11 Å². The molecule has 3 heteroatoms. The van der Waals surface area contributed by atoms with E-state index in [0.29, 0.717) is 12.0 Å². The van der Waals surface area contributed by atoms with Crippen molar-refractivity contribution >= 4 is 0 Å². The molecule has 0 aromatic carbocycles. The van der Waals surface area contributed by atoms with Gasteiger partial charge in [0, 0.05) is 18.7 Å². The van der Waals surface area contributed by atoms with Gasteiger partial charge in [0.2, 0.25) is 0 Å². The van der Waals surface area contributed by atoms with Gasteiger partial charge in [-0.15, -0.1) is 0 Å². The second kappa shape index (κ2) is 6.72. The maximum atomic E-state index is 8.74. The lowest BCUT2D eigenvalue weighted by Gasteiger charge is -2.45. The Bertz CT molecular complexity index is 218. The van der Waals surface area contributed by atoms with E-state index in [1.165, 1.54) is 25.7 Å². The van der Waals surface area contributed by atoms with Gasteiger partial charge in [0.1, 0.15) is 0 Å². The standard InChI is InChI=1S/C14H30N2O/c1-13(2)7-6-8-14(11-13,12-15)16-9-4-3-5-10-17/h16-17H,3-12,15H2,1-2H3. The highest BCUT2D eigenvalue weighted by Gasteiger charge is 2.38. The Morgan fingerprint density at radius 2 is 1.94 bits per heavy atom. The second-order valence-corrected chi connectivity index (χ2v) is 6.39. The lowest BCUT2D eigenvalue weighted by molar-refractivity contribution is 0.124. The lowest BCUT2D eigenvalue weighted by Crippen LogP contribution is -2.55. The van der Waals surface area contributed by atoms with Crippen LogP contribution in [0.3, 0.4) is 0 Å². The molecule has 0 bridgehead atoms. The van der Waals surface area contributed by atoms with E-state index in [0.717, 1.165) is 32.4 Å². The summed E-state index contributed by atoms with van der Waals surface area (Å²) in [6, 6.07) is 0. The third-order valence-electron chi connectivity index (χ3n) is 4.05. The molecule has 1 rings (SSSR count). The van der Waals surface area contributed by atoms with E-state index >= 15 is 0 Å². The van der Waals surface area contributed by atoms with Gasteiger partial charge in [0.15, 0.2) is 0 Å². The van der Waals surface area contributed by atoms with E-state index in [4.69, 9.17) is 10.8 Å². The van der Waals surface area contributed by atoms with Crippen molar-refractivity contribution in [3.05, 3.63) is 0 Å². The molecular weight excluding hydrogens is 212 g/mol. The molecule has 0 spiro atoms. The number of aliphatic hydroxyl groups excluding tert-OH is 1. The molecule has 0 radical (unpaired) electrons. The summed E-state index contributed by atoms with van der Waals surface area (Å²) in [5.74, 6) is 0. The van der Waals surface area contributed by atoms with Gasteiger partial charge in [-0.3, -0.25) is 0 Å². The predicted octanol–water partition coefficient (Wildman–Crippen LogP) is 2.04. The largest absolute Gasteiger partial charge is 0.396 e. The van der Waals surface area contributed by atoms with Crippen molar-refractivity contribution in [1.82, 2.24) is 5.32 Å². The van der Waals surface area contributed by atoms with E-state index in [9.17, 15) is 0 Å². The van der Waals surface area contributed by atoms with E-state index in [1.54, 1.807) is 0 Å². The van der Waals surface area contributed by atoms with Crippen LogP contribution in [-0.4, -0.2) is 30.3 Å². The van der Waals surface area contributed by atoms with Crippen molar-refractivity contribution in [1.29, 1.82) is 0 Å². The monoisotopic (exact) mass is 242 g/mol. The minimum atomic E-state index is 0.168. The van der Waals surface area contributed by atoms with E-state index < -0.39 is 0 Å². The molecule has 1 fully saturated rings. The SMILES string of the molecule is CC1(C)CCCC(CN)(NCCCCCO)C1. The number of hydrogen-bond acceptors (Lipinski definition) is 3. The Labute approximate surface area is 106 Å². The highest BCUT2D eigenvalue weighted by molar-refractivity contribution is 4.97. The van der Waals surface area contributed by atoms with E-state index in [2.05, 4.69) is 19.2 Å². The Morgan fingerprint density at radius 3 is 2.53 bits per heavy atom. The molecular formula is C14H30N2O. The van der Waals surface area contributed by atoms with Gasteiger partial charge in [-0.25, -0.2) is 0 Å². The number of nitrogens with two attached hydrogens (primary N) is 1. The Balaban J connectivity index is 2.35. The van der Waals surface area contributed by atoms with E-state index in [1.807, 2.05) is 0 Å². The van der Waals surface area contributed by atoms with Crippen molar-refractivity contribution in [2.45, 2.75) is 64.3 Å². The van der Waals surface area contributed by atoms with Crippen LogP contribution in [0, 0.1) is 5.41 Å². The van der Waals surface area contributed by atoms with Crippen LogP contribution in [0.25, 0.3) is 0 Å². The number of hydrogen-bond donors (Lipinski definition) is 3. The Kier molecular flexibility index (Phi) is 5.90. The highest BCUT2D eigenvalue weighted by Crippen LogP contribution is 2.40. The maximum Gasteiger partial charge on any atom is 0.0431 e. The van der Waals surface area contributed by atoms with Crippen LogP contribution < -0.4 is 11.1 Å². The van der Waals surface area contributed by atoms with Gasteiger partial charge < -0.3 is 16.2 Å². The molecule has 17 heavy (non-hydrogen) atoms. The smallest absolute Gasteiger partial charge is 0.0431 e. The van der Waals surface area contributed by atoms with Crippen LogP contribution in [0.5, 0.6) is 0 Å². The van der Waals surface area contributed by atoms with Crippen LogP contribution in [0.1, 0.15) is 58.8 Å². The van der Waals surface area contributed by atoms with Gasteiger partial charge in [-0.05, 0) is 50.5 Å². The molecule has 1 aliphatic rings. The van der Waals surface area contributed by atoms with Gasteiger partial charge in [-0.1, -0.05) is 20.3 Å². The third kappa shape index (κ3) is 4.94. The van der Waals surface area contributed by atoms with Crippen molar-refractivity contribution in [3.63, 3.8) is 0 Å². The number of rotatable bonds is 7. The van der Waals surface area contributed by atoms with E-state index in [-0.39, 0.29) is 5.54 Å². The zero-order chi connectivity index (χ0) is 12.8. The minimum Gasteiger partial charge on any atom is -0.396 e. The molecule has 0 aromatic rings. The summed E-state index contributed by atoms with van der Waals surface area (Å²) in [5, 5.41) is 12.4. The maximum absolute atomic E-state index is 8.74. The highest BCUT2D eigenvalue weighted by atomic mass is 16.2. The lowest BCUT2D eigenvalue weighted by atomic mass is 9.68. The summed E-state index contributed by atoms with van der Waals surface area (Å²) in [6.07, 6.45) is 8.18. The molecule has 0 aromatic heterocycles. The molecule has 1 saturated carbocycles. The number of aliphatic hydroxyl groups is 1. The third-order valence-corrected chi connectivity index (χ3v) is 4.05. The molecule has 3 nitrogen and oxygen atoms in total. The summed E-state index contributed by atoms with van der Waals surface area (Å²) in [4.78, 5) is 0. The minimum absolute atomic E-state index is 0.168.